The Balaban J connectivity index is 1.63. The van der Waals surface area contributed by atoms with Crippen molar-refractivity contribution in [2.45, 2.75) is 43.6 Å². The first kappa shape index (κ1) is 15.6. The van der Waals surface area contributed by atoms with Crippen LogP contribution in [0.2, 0.25) is 10.0 Å². The third kappa shape index (κ3) is 3.08. The van der Waals surface area contributed by atoms with E-state index in [2.05, 4.69) is 5.32 Å². The average Bonchev–Trinajstić information content (AvgIpc) is 3.19. The van der Waals surface area contributed by atoms with Crippen LogP contribution in [0.15, 0.2) is 18.2 Å². The molecule has 2 N–H and O–H groups in total. The molecule has 0 heterocycles. The van der Waals surface area contributed by atoms with E-state index in [1.165, 1.54) is 0 Å². The lowest BCUT2D eigenvalue weighted by molar-refractivity contribution is -0.140. The van der Waals surface area contributed by atoms with Gasteiger partial charge in [-0.25, -0.2) is 0 Å². The number of carbonyl (C=O) groups is 2. The molecule has 2 saturated carbocycles. The molecule has 1 amide bonds. The van der Waals surface area contributed by atoms with Crippen LogP contribution < -0.4 is 5.32 Å². The summed E-state index contributed by atoms with van der Waals surface area (Å²) >= 11 is 11.9. The Kier molecular flexibility index (Phi) is 4.08. The van der Waals surface area contributed by atoms with E-state index >= 15 is 0 Å². The Morgan fingerprint density at radius 3 is 2.55 bits per heavy atom. The van der Waals surface area contributed by atoms with Crippen molar-refractivity contribution in [3.63, 3.8) is 0 Å². The lowest BCUT2D eigenvalue weighted by Crippen LogP contribution is -2.55. The normalized spacial score (nSPS) is 25.2. The van der Waals surface area contributed by atoms with Crippen LogP contribution >= 0.6 is 23.2 Å². The highest BCUT2D eigenvalue weighted by Gasteiger charge is 2.48. The maximum absolute atomic E-state index is 12.4. The zero-order valence-electron chi connectivity index (χ0n) is 11.9. The molecule has 2 unspecified atom stereocenters. The topological polar surface area (TPSA) is 66.4 Å². The minimum atomic E-state index is -0.864. The van der Waals surface area contributed by atoms with Crippen molar-refractivity contribution < 1.29 is 14.7 Å². The largest absolute Gasteiger partial charge is 0.481 e. The molecule has 0 spiro atoms. The van der Waals surface area contributed by atoms with E-state index in [0.29, 0.717) is 10.0 Å². The Morgan fingerprint density at radius 1 is 1.27 bits per heavy atom. The van der Waals surface area contributed by atoms with Crippen LogP contribution in [-0.4, -0.2) is 22.5 Å². The number of carbonyl (C=O) groups excluding carboxylic acids is 1. The summed E-state index contributed by atoms with van der Waals surface area (Å²) in [6.07, 6.45) is 3.23. The number of amides is 1. The highest BCUT2D eigenvalue weighted by atomic mass is 35.5. The zero-order valence-corrected chi connectivity index (χ0v) is 13.5. The van der Waals surface area contributed by atoms with Gasteiger partial charge in [-0.15, -0.1) is 0 Å². The molecule has 2 aliphatic carbocycles. The summed E-state index contributed by atoms with van der Waals surface area (Å²) in [7, 11) is 0. The van der Waals surface area contributed by atoms with Crippen molar-refractivity contribution >= 4 is 35.1 Å². The molecule has 0 saturated heterocycles. The second-order valence-electron chi connectivity index (χ2n) is 6.32. The Labute approximate surface area is 138 Å². The molecule has 0 radical (unpaired) electrons. The fourth-order valence-electron chi connectivity index (χ4n) is 3.19. The van der Waals surface area contributed by atoms with Gasteiger partial charge in [-0.2, -0.15) is 0 Å². The molecule has 4 nitrogen and oxygen atoms in total. The average molecular weight is 342 g/mol. The number of hydrogen-bond acceptors (Lipinski definition) is 2. The molecular weight excluding hydrogens is 325 g/mol. The SMILES string of the molecule is O=C(O)CC1(NC(=O)C2CC2c2ccc(Cl)c(Cl)c2)CCC1. The maximum Gasteiger partial charge on any atom is 0.305 e. The van der Waals surface area contributed by atoms with Gasteiger partial charge in [-0.05, 0) is 49.3 Å². The molecule has 6 heteroatoms. The first-order valence-electron chi connectivity index (χ1n) is 7.39. The highest BCUT2D eigenvalue weighted by molar-refractivity contribution is 6.42. The van der Waals surface area contributed by atoms with Crippen molar-refractivity contribution in [2.75, 3.05) is 0 Å². The lowest BCUT2D eigenvalue weighted by Gasteiger charge is -2.41. The second kappa shape index (κ2) is 5.74. The van der Waals surface area contributed by atoms with Gasteiger partial charge in [0.15, 0.2) is 0 Å². The van der Waals surface area contributed by atoms with Gasteiger partial charge in [0.2, 0.25) is 5.91 Å². The van der Waals surface area contributed by atoms with Gasteiger partial charge < -0.3 is 10.4 Å². The van der Waals surface area contributed by atoms with Gasteiger partial charge in [-0.1, -0.05) is 29.3 Å². The molecule has 22 heavy (non-hydrogen) atoms. The van der Waals surface area contributed by atoms with Crippen LogP contribution in [0.5, 0.6) is 0 Å². The van der Waals surface area contributed by atoms with Crippen molar-refractivity contribution in [3.8, 4) is 0 Å². The quantitative estimate of drug-likeness (QED) is 0.859. The van der Waals surface area contributed by atoms with E-state index in [4.69, 9.17) is 28.3 Å². The first-order valence-corrected chi connectivity index (χ1v) is 8.15. The number of halogens is 2. The standard InChI is InChI=1S/C16H17Cl2NO3/c17-12-3-2-9(6-13(12)18)10-7-11(10)15(22)19-16(4-1-5-16)8-14(20)21/h2-3,6,10-11H,1,4-5,7-8H2,(H,19,22)(H,20,21). The lowest BCUT2D eigenvalue weighted by atomic mass is 9.74. The summed E-state index contributed by atoms with van der Waals surface area (Å²) in [4.78, 5) is 23.3. The monoisotopic (exact) mass is 341 g/mol. The highest BCUT2D eigenvalue weighted by Crippen LogP contribution is 2.49. The Morgan fingerprint density at radius 2 is 2.00 bits per heavy atom. The number of rotatable bonds is 5. The smallest absolute Gasteiger partial charge is 0.305 e. The minimum absolute atomic E-state index is 0.00288. The summed E-state index contributed by atoms with van der Waals surface area (Å²) in [5, 5.41) is 13.0. The summed E-state index contributed by atoms with van der Waals surface area (Å²) in [5.41, 5.74) is 0.476. The van der Waals surface area contributed by atoms with Crippen LogP contribution in [0.25, 0.3) is 0 Å². The fraction of sp³-hybridized carbons (Fsp3) is 0.500. The van der Waals surface area contributed by atoms with Gasteiger partial charge in [-0.3, -0.25) is 9.59 Å². The van der Waals surface area contributed by atoms with Crippen molar-refractivity contribution in [1.29, 1.82) is 0 Å². The van der Waals surface area contributed by atoms with Gasteiger partial charge >= 0.3 is 5.97 Å². The predicted molar refractivity (Wildman–Crippen MR) is 84.3 cm³/mol. The molecule has 2 aliphatic rings. The number of nitrogens with one attached hydrogen (secondary N) is 1. The molecule has 2 fully saturated rings. The van der Waals surface area contributed by atoms with Crippen LogP contribution in [0.4, 0.5) is 0 Å². The number of hydrogen-bond donors (Lipinski definition) is 2. The minimum Gasteiger partial charge on any atom is -0.481 e. The van der Waals surface area contributed by atoms with Crippen LogP contribution in [-0.2, 0) is 9.59 Å². The van der Waals surface area contributed by atoms with Crippen LogP contribution in [0.1, 0.15) is 43.6 Å². The van der Waals surface area contributed by atoms with Crippen LogP contribution in [0, 0.1) is 5.92 Å². The van der Waals surface area contributed by atoms with Gasteiger partial charge in [0, 0.05) is 5.92 Å². The Hall–Kier alpha value is -1.26. The molecular formula is C16H17Cl2NO3. The number of carboxylic acids is 1. The summed E-state index contributed by atoms with van der Waals surface area (Å²) in [6, 6.07) is 5.44. The van der Waals surface area contributed by atoms with Gasteiger partial charge in [0.05, 0.1) is 22.0 Å². The third-order valence-corrected chi connectivity index (χ3v) is 5.43. The van der Waals surface area contributed by atoms with E-state index in [1.54, 1.807) is 12.1 Å². The summed E-state index contributed by atoms with van der Waals surface area (Å²) < 4.78 is 0. The third-order valence-electron chi connectivity index (χ3n) is 4.69. The number of benzene rings is 1. The molecule has 3 rings (SSSR count). The molecule has 0 bridgehead atoms. The van der Waals surface area contributed by atoms with E-state index in [9.17, 15) is 9.59 Å². The summed E-state index contributed by atoms with van der Waals surface area (Å²) in [5.74, 6) is -0.853. The first-order chi connectivity index (χ1) is 10.4. The van der Waals surface area contributed by atoms with E-state index in [0.717, 1.165) is 31.2 Å². The molecule has 0 aliphatic heterocycles. The molecule has 1 aromatic carbocycles. The zero-order chi connectivity index (χ0) is 15.9. The predicted octanol–water partition coefficient (Wildman–Crippen LogP) is 3.61. The Bertz CT molecular complexity index is 628. The fourth-order valence-corrected chi connectivity index (χ4v) is 3.50. The van der Waals surface area contributed by atoms with Crippen LogP contribution in [0.3, 0.4) is 0 Å². The van der Waals surface area contributed by atoms with E-state index in [1.807, 2.05) is 6.07 Å². The van der Waals surface area contributed by atoms with Crippen molar-refractivity contribution in [3.05, 3.63) is 33.8 Å². The van der Waals surface area contributed by atoms with Gasteiger partial charge in [0.1, 0.15) is 0 Å². The van der Waals surface area contributed by atoms with E-state index < -0.39 is 11.5 Å². The second-order valence-corrected chi connectivity index (χ2v) is 7.13. The molecule has 1 aromatic rings. The maximum atomic E-state index is 12.4. The van der Waals surface area contributed by atoms with E-state index in [-0.39, 0.29) is 24.2 Å². The van der Waals surface area contributed by atoms with Crippen molar-refractivity contribution in [1.82, 2.24) is 5.32 Å². The molecule has 118 valence electrons. The van der Waals surface area contributed by atoms with Crippen molar-refractivity contribution in [2.24, 2.45) is 5.92 Å². The number of aliphatic carboxylic acids is 1. The molecule has 0 aromatic heterocycles. The number of carboxylic acid groups (broad SMARTS) is 1. The molecule has 2 atom stereocenters. The van der Waals surface area contributed by atoms with Gasteiger partial charge in [0.25, 0.3) is 0 Å². The summed E-state index contributed by atoms with van der Waals surface area (Å²) in [6.45, 7) is 0.